The topological polar surface area (TPSA) is 32.6 Å². The van der Waals surface area contributed by atoms with Crippen LogP contribution in [0.5, 0.6) is 0 Å². The predicted molar refractivity (Wildman–Crippen MR) is 91.5 cm³/mol. The van der Waals surface area contributed by atoms with E-state index in [0.717, 1.165) is 19.6 Å². The molecule has 1 aliphatic heterocycles. The standard InChI is InChI=1S/C18H37N2O/c1-2-3-4-5-6-7-8-9-10-11-12-13-15-20(18-21)16-14-19-17-20/h17,21H,2-16,18H2,1H3/q+1. The van der Waals surface area contributed by atoms with Crippen molar-refractivity contribution in [3.8, 4) is 0 Å². The van der Waals surface area contributed by atoms with Crippen LogP contribution in [-0.2, 0) is 0 Å². The molecule has 1 rings (SSSR count). The first-order valence-corrected chi connectivity index (χ1v) is 9.30. The smallest absolute Gasteiger partial charge is 0.187 e. The third kappa shape index (κ3) is 8.57. The maximum absolute atomic E-state index is 9.47. The summed E-state index contributed by atoms with van der Waals surface area (Å²) in [6.45, 7) is 5.45. The number of aliphatic hydroxyl groups is 1. The zero-order valence-electron chi connectivity index (χ0n) is 14.2. The molecule has 1 aliphatic rings. The van der Waals surface area contributed by atoms with E-state index in [0.29, 0.717) is 4.48 Å². The zero-order chi connectivity index (χ0) is 15.2. The Bertz CT molecular complexity index is 268. The molecule has 1 unspecified atom stereocenters. The van der Waals surface area contributed by atoms with Crippen molar-refractivity contribution in [2.45, 2.75) is 84.0 Å². The minimum Gasteiger partial charge on any atom is -0.347 e. The molecule has 0 aromatic rings. The summed E-state index contributed by atoms with van der Waals surface area (Å²) in [6.07, 6.45) is 18.6. The van der Waals surface area contributed by atoms with Crippen molar-refractivity contribution in [1.82, 2.24) is 0 Å². The Morgan fingerprint density at radius 3 is 1.81 bits per heavy atom. The molecule has 3 nitrogen and oxygen atoms in total. The summed E-state index contributed by atoms with van der Waals surface area (Å²) in [5.74, 6) is 0. The highest BCUT2D eigenvalue weighted by atomic mass is 16.3. The van der Waals surface area contributed by atoms with Gasteiger partial charge in [-0.15, -0.1) is 0 Å². The number of nitrogens with zero attached hydrogens (tertiary/aromatic N) is 2. The van der Waals surface area contributed by atoms with Gasteiger partial charge in [0, 0.05) is 0 Å². The number of unbranched alkanes of at least 4 members (excludes halogenated alkanes) is 11. The van der Waals surface area contributed by atoms with Gasteiger partial charge < -0.3 is 5.11 Å². The average molecular weight is 298 g/mol. The van der Waals surface area contributed by atoms with Crippen molar-refractivity contribution < 1.29 is 9.59 Å². The van der Waals surface area contributed by atoms with E-state index in [1.165, 1.54) is 77.0 Å². The van der Waals surface area contributed by atoms with Gasteiger partial charge in [0.1, 0.15) is 6.54 Å². The summed E-state index contributed by atoms with van der Waals surface area (Å²) >= 11 is 0. The lowest BCUT2D eigenvalue weighted by Gasteiger charge is -2.27. The van der Waals surface area contributed by atoms with Crippen molar-refractivity contribution in [1.29, 1.82) is 0 Å². The van der Waals surface area contributed by atoms with Gasteiger partial charge in [0.05, 0.1) is 13.1 Å². The summed E-state index contributed by atoms with van der Waals surface area (Å²) in [6, 6.07) is 0. The fourth-order valence-corrected chi connectivity index (χ4v) is 3.16. The molecule has 0 aromatic heterocycles. The van der Waals surface area contributed by atoms with Gasteiger partial charge in [-0.25, -0.2) is 4.99 Å². The Morgan fingerprint density at radius 1 is 0.857 bits per heavy atom. The largest absolute Gasteiger partial charge is 0.347 e. The first-order valence-electron chi connectivity index (χ1n) is 9.30. The molecule has 0 fully saturated rings. The number of aliphatic hydroxyl groups excluding tert-OH is 1. The number of quaternary nitrogens is 1. The molecule has 1 atom stereocenters. The van der Waals surface area contributed by atoms with Crippen LogP contribution < -0.4 is 0 Å². The fourth-order valence-electron chi connectivity index (χ4n) is 3.16. The lowest BCUT2D eigenvalue weighted by molar-refractivity contribution is -0.849. The second-order valence-corrected chi connectivity index (χ2v) is 6.72. The van der Waals surface area contributed by atoms with Crippen LogP contribution in [0.4, 0.5) is 0 Å². The molecule has 0 aromatic carbocycles. The molecule has 0 amide bonds. The van der Waals surface area contributed by atoms with Crippen molar-refractivity contribution in [3.63, 3.8) is 0 Å². The molecule has 3 heteroatoms. The van der Waals surface area contributed by atoms with Crippen LogP contribution in [0.2, 0.25) is 0 Å². The average Bonchev–Trinajstić information content (AvgIpc) is 2.98. The minimum atomic E-state index is 0.224. The van der Waals surface area contributed by atoms with Crippen LogP contribution in [0.3, 0.4) is 0 Å². The first kappa shape index (κ1) is 18.6. The first-order chi connectivity index (χ1) is 10.3. The molecule has 0 aliphatic carbocycles. The Morgan fingerprint density at radius 2 is 1.38 bits per heavy atom. The Hall–Kier alpha value is -0.410. The molecule has 0 spiro atoms. The quantitative estimate of drug-likeness (QED) is 0.372. The van der Waals surface area contributed by atoms with Crippen LogP contribution in [0.1, 0.15) is 84.0 Å². The van der Waals surface area contributed by atoms with Crippen LogP contribution in [0.15, 0.2) is 4.99 Å². The normalized spacial score (nSPS) is 21.2. The minimum absolute atomic E-state index is 0.224. The van der Waals surface area contributed by atoms with Crippen molar-refractivity contribution in [2.75, 3.05) is 26.4 Å². The Labute approximate surface area is 132 Å². The predicted octanol–water partition coefficient (Wildman–Crippen LogP) is 4.50. The maximum Gasteiger partial charge on any atom is 0.187 e. The molecule has 1 heterocycles. The lowest BCUT2D eigenvalue weighted by Crippen LogP contribution is -2.46. The second-order valence-electron chi connectivity index (χ2n) is 6.72. The molecular formula is C18H37N2O+. The molecule has 0 radical (unpaired) electrons. The zero-order valence-corrected chi connectivity index (χ0v) is 14.2. The van der Waals surface area contributed by atoms with Crippen LogP contribution in [0.25, 0.3) is 0 Å². The van der Waals surface area contributed by atoms with Crippen molar-refractivity contribution >= 4 is 6.34 Å². The highest BCUT2D eigenvalue weighted by Crippen LogP contribution is 2.14. The van der Waals surface area contributed by atoms with Crippen LogP contribution in [-0.4, -0.2) is 42.3 Å². The van der Waals surface area contributed by atoms with Gasteiger partial charge in [-0.2, -0.15) is 0 Å². The molecule has 0 saturated heterocycles. The van der Waals surface area contributed by atoms with E-state index in [4.69, 9.17) is 0 Å². The van der Waals surface area contributed by atoms with Gasteiger partial charge in [-0.3, -0.25) is 4.48 Å². The molecule has 21 heavy (non-hydrogen) atoms. The van der Waals surface area contributed by atoms with E-state index in [1.807, 2.05) is 6.34 Å². The summed E-state index contributed by atoms with van der Waals surface area (Å²) in [4.78, 5) is 4.27. The fraction of sp³-hybridized carbons (Fsp3) is 0.944. The van der Waals surface area contributed by atoms with E-state index < -0.39 is 0 Å². The third-order valence-corrected chi connectivity index (χ3v) is 4.74. The van der Waals surface area contributed by atoms with E-state index in [-0.39, 0.29) is 6.73 Å². The Balaban J connectivity index is 1.81. The summed E-state index contributed by atoms with van der Waals surface area (Å²) in [5.41, 5.74) is 0. The van der Waals surface area contributed by atoms with E-state index in [9.17, 15) is 5.11 Å². The second kappa shape index (κ2) is 12.2. The van der Waals surface area contributed by atoms with Crippen LogP contribution >= 0.6 is 0 Å². The molecule has 0 saturated carbocycles. The van der Waals surface area contributed by atoms with Crippen LogP contribution in [0, 0.1) is 0 Å². The number of hydrogen-bond donors (Lipinski definition) is 1. The number of hydrogen-bond acceptors (Lipinski definition) is 2. The number of rotatable bonds is 14. The summed E-state index contributed by atoms with van der Waals surface area (Å²) in [7, 11) is 0. The molecular weight excluding hydrogens is 260 g/mol. The van der Waals surface area contributed by atoms with E-state index >= 15 is 0 Å². The van der Waals surface area contributed by atoms with E-state index in [2.05, 4.69) is 11.9 Å². The third-order valence-electron chi connectivity index (χ3n) is 4.74. The maximum atomic E-state index is 9.47. The van der Waals surface area contributed by atoms with Gasteiger partial charge in [0.15, 0.2) is 13.1 Å². The van der Waals surface area contributed by atoms with Gasteiger partial charge in [-0.05, 0) is 12.8 Å². The lowest BCUT2D eigenvalue weighted by atomic mass is 10.1. The van der Waals surface area contributed by atoms with Gasteiger partial charge in [0.25, 0.3) is 0 Å². The molecule has 1 N–H and O–H groups in total. The van der Waals surface area contributed by atoms with Crippen molar-refractivity contribution in [2.24, 2.45) is 4.99 Å². The van der Waals surface area contributed by atoms with Crippen molar-refractivity contribution in [3.05, 3.63) is 0 Å². The Kier molecular flexibility index (Phi) is 10.8. The molecule has 124 valence electrons. The number of aliphatic imine (C=N–C) groups is 1. The SMILES string of the molecule is CCCCCCCCCCCCCC[N+]1(CO)C=NCC1. The van der Waals surface area contributed by atoms with Gasteiger partial charge in [-0.1, -0.05) is 71.1 Å². The highest BCUT2D eigenvalue weighted by Gasteiger charge is 2.27. The monoisotopic (exact) mass is 297 g/mol. The van der Waals surface area contributed by atoms with E-state index in [1.54, 1.807) is 0 Å². The highest BCUT2D eigenvalue weighted by molar-refractivity contribution is 5.47. The van der Waals surface area contributed by atoms with Gasteiger partial charge >= 0.3 is 0 Å². The summed E-state index contributed by atoms with van der Waals surface area (Å²) < 4.78 is 0.706. The van der Waals surface area contributed by atoms with Gasteiger partial charge in [0.2, 0.25) is 0 Å². The summed E-state index contributed by atoms with van der Waals surface area (Å²) in [5, 5.41) is 9.47. The molecule has 0 bridgehead atoms.